The Bertz CT molecular complexity index is 452. The molecule has 0 aliphatic heterocycles. The van der Waals surface area contributed by atoms with Crippen molar-refractivity contribution in [1.29, 1.82) is 0 Å². The van der Waals surface area contributed by atoms with Gasteiger partial charge in [-0.2, -0.15) is 0 Å². The SMILES string of the molecule is NCc1nc([N+](=O)[O-])cc(I)c1OC(F)(F)F. The first-order valence-corrected chi connectivity index (χ1v) is 5.12. The predicted molar refractivity (Wildman–Crippen MR) is 58.2 cm³/mol. The summed E-state index contributed by atoms with van der Waals surface area (Å²) in [6, 6.07) is 0.876. The molecule has 10 heteroatoms. The molecule has 0 radical (unpaired) electrons. The zero-order valence-corrected chi connectivity index (χ0v) is 10.2. The fourth-order valence-electron chi connectivity index (χ4n) is 0.993. The van der Waals surface area contributed by atoms with E-state index in [0.717, 1.165) is 6.07 Å². The van der Waals surface area contributed by atoms with Crippen molar-refractivity contribution in [2.75, 3.05) is 0 Å². The summed E-state index contributed by atoms with van der Waals surface area (Å²) < 4.78 is 39.8. The molecule has 0 bridgehead atoms. The lowest BCUT2D eigenvalue weighted by Gasteiger charge is -2.11. The van der Waals surface area contributed by atoms with Crippen molar-refractivity contribution in [1.82, 2.24) is 4.98 Å². The van der Waals surface area contributed by atoms with E-state index in [-0.39, 0.29) is 9.26 Å². The van der Waals surface area contributed by atoms with Crippen LogP contribution >= 0.6 is 22.6 Å². The van der Waals surface area contributed by atoms with Crippen molar-refractivity contribution in [3.8, 4) is 5.75 Å². The van der Waals surface area contributed by atoms with Gasteiger partial charge in [0, 0.05) is 0 Å². The van der Waals surface area contributed by atoms with Gasteiger partial charge < -0.3 is 20.6 Å². The fraction of sp³-hybridized carbons (Fsp3) is 0.286. The van der Waals surface area contributed by atoms with Gasteiger partial charge in [0.25, 0.3) is 0 Å². The van der Waals surface area contributed by atoms with Crippen LogP contribution in [-0.4, -0.2) is 16.3 Å². The number of aromatic nitrogens is 1. The van der Waals surface area contributed by atoms with E-state index < -0.39 is 29.4 Å². The number of nitro groups is 1. The maximum atomic E-state index is 12.1. The lowest BCUT2D eigenvalue weighted by Crippen LogP contribution is -2.20. The van der Waals surface area contributed by atoms with Gasteiger partial charge in [0.05, 0.1) is 16.2 Å². The Morgan fingerprint density at radius 1 is 1.59 bits per heavy atom. The molecule has 0 fully saturated rings. The Labute approximate surface area is 106 Å². The number of rotatable bonds is 3. The number of hydrogen-bond acceptors (Lipinski definition) is 5. The van der Waals surface area contributed by atoms with E-state index in [2.05, 4.69) is 9.72 Å². The van der Waals surface area contributed by atoms with Crippen LogP contribution in [0.15, 0.2) is 6.07 Å². The highest BCUT2D eigenvalue weighted by Gasteiger charge is 2.35. The number of pyridine rings is 1. The number of ether oxygens (including phenoxy) is 1. The summed E-state index contributed by atoms with van der Waals surface area (Å²) in [6.07, 6.45) is -4.90. The molecule has 2 N–H and O–H groups in total. The lowest BCUT2D eigenvalue weighted by molar-refractivity contribution is -0.389. The van der Waals surface area contributed by atoms with Crippen LogP contribution in [0, 0.1) is 13.7 Å². The molecule has 0 unspecified atom stereocenters. The van der Waals surface area contributed by atoms with E-state index in [1.807, 2.05) is 0 Å². The number of alkyl halides is 3. The topological polar surface area (TPSA) is 91.3 Å². The summed E-state index contributed by atoms with van der Waals surface area (Å²) in [5.74, 6) is -1.18. The second-order valence-corrected chi connectivity index (χ2v) is 3.91. The highest BCUT2D eigenvalue weighted by atomic mass is 127. The zero-order valence-electron chi connectivity index (χ0n) is 7.99. The maximum Gasteiger partial charge on any atom is 0.573 e. The van der Waals surface area contributed by atoms with Crippen molar-refractivity contribution < 1.29 is 22.8 Å². The molecule has 1 rings (SSSR count). The van der Waals surface area contributed by atoms with Crippen LogP contribution in [-0.2, 0) is 6.54 Å². The van der Waals surface area contributed by atoms with E-state index >= 15 is 0 Å². The quantitative estimate of drug-likeness (QED) is 0.504. The average Bonchev–Trinajstić information content (AvgIpc) is 2.18. The van der Waals surface area contributed by atoms with Gasteiger partial charge in [-0.3, -0.25) is 0 Å². The largest absolute Gasteiger partial charge is 0.573 e. The highest BCUT2D eigenvalue weighted by molar-refractivity contribution is 14.1. The van der Waals surface area contributed by atoms with E-state index in [0.29, 0.717) is 0 Å². The monoisotopic (exact) mass is 363 g/mol. The summed E-state index contributed by atoms with van der Waals surface area (Å²) in [5, 5.41) is 10.5. The van der Waals surface area contributed by atoms with Gasteiger partial charge >= 0.3 is 12.2 Å². The van der Waals surface area contributed by atoms with Crippen molar-refractivity contribution >= 4 is 28.4 Å². The van der Waals surface area contributed by atoms with Crippen molar-refractivity contribution in [3.05, 3.63) is 25.4 Å². The molecule has 94 valence electrons. The smallest absolute Gasteiger partial charge is 0.400 e. The maximum absolute atomic E-state index is 12.1. The van der Waals surface area contributed by atoms with Gasteiger partial charge in [-0.15, -0.1) is 13.2 Å². The molecular formula is C7H5F3IN3O3. The lowest BCUT2D eigenvalue weighted by atomic mass is 10.3. The third-order valence-electron chi connectivity index (χ3n) is 1.58. The third kappa shape index (κ3) is 3.66. The molecule has 6 nitrogen and oxygen atoms in total. The normalized spacial score (nSPS) is 11.4. The molecule has 17 heavy (non-hydrogen) atoms. The Morgan fingerprint density at radius 2 is 2.18 bits per heavy atom. The number of nitrogens with two attached hydrogens (primary N) is 1. The first-order valence-electron chi connectivity index (χ1n) is 4.04. The molecule has 1 heterocycles. The van der Waals surface area contributed by atoms with Gasteiger partial charge in [-0.1, -0.05) is 0 Å². The molecule has 0 amide bonds. The molecule has 0 saturated heterocycles. The Hall–Kier alpha value is -1.17. The first-order chi connectivity index (χ1) is 7.74. The van der Waals surface area contributed by atoms with Crippen LogP contribution in [0.3, 0.4) is 0 Å². The van der Waals surface area contributed by atoms with Crippen LogP contribution < -0.4 is 10.5 Å². The summed E-state index contributed by atoms with van der Waals surface area (Å²) >= 11 is 1.48. The van der Waals surface area contributed by atoms with E-state index in [4.69, 9.17) is 5.73 Å². The van der Waals surface area contributed by atoms with E-state index in [9.17, 15) is 23.3 Å². The summed E-state index contributed by atoms with van der Waals surface area (Å²) in [4.78, 5) is 13.0. The van der Waals surface area contributed by atoms with Crippen molar-refractivity contribution in [3.63, 3.8) is 0 Å². The predicted octanol–water partition coefficient (Wildman–Crippen LogP) is 1.95. The molecule has 0 atom stereocenters. The molecular weight excluding hydrogens is 358 g/mol. The highest BCUT2D eigenvalue weighted by Crippen LogP contribution is 2.32. The van der Waals surface area contributed by atoms with Gasteiger partial charge in [0.2, 0.25) is 5.69 Å². The second kappa shape index (κ2) is 5.00. The van der Waals surface area contributed by atoms with Gasteiger partial charge in [-0.05, 0) is 32.5 Å². The minimum Gasteiger partial charge on any atom is -0.400 e. The molecule has 0 aliphatic rings. The first kappa shape index (κ1) is 13.9. The summed E-state index contributed by atoms with van der Waals surface area (Å²) in [7, 11) is 0. The molecule has 1 aromatic heterocycles. The van der Waals surface area contributed by atoms with Crippen LogP contribution in [0.4, 0.5) is 19.0 Å². The minimum atomic E-state index is -4.90. The van der Waals surface area contributed by atoms with Crippen LogP contribution in [0.1, 0.15) is 5.69 Å². The van der Waals surface area contributed by atoms with Crippen molar-refractivity contribution in [2.45, 2.75) is 12.9 Å². The number of nitrogens with zero attached hydrogens (tertiary/aromatic N) is 2. The second-order valence-electron chi connectivity index (χ2n) is 2.75. The van der Waals surface area contributed by atoms with Gasteiger partial charge in [0.1, 0.15) is 0 Å². The average molecular weight is 363 g/mol. The molecule has 0 saturated carbocycles. The molecule has 0 spiro atoms. The number of hydrogen-bond donors (Lipinski definition) is 1. The van der Waals surface area contributed by atoms with E-state index in [1.54, 1.807) is 0 Å². The molecule has 0 aromatic carbocycles. The number of halogens is 4. The molecule has 0 aliphatic carbocycles. The van der Waals surface area contributed by atoms with Gasteiger partial charge in [0.15, 0.2) is 5.75 Å². The Kier molecular flexibility index (Phi) is 4.08. The Balaban J connectivity index is 3.26. The van der Waals surface area contributed by atoms with Crippen LogP contribution in [0.25, 0.3) is 0 Å². The fourth-order valence-corrected chi connectivity index (χ4v) is 1.69. The summed E-state index contributed by atoms with van der Waals surface area (Å²) in [6.45, 7) is -0.400. The third-order valence-corrected chi connectivity index (χ3v) is 2.38. The minimum absolute atomic E-state index is 0.0814. The Morgan fingerprint density at radius 3 is 2.59 bits per heavy atom. The van der Waals surface area contributed by atoms with E-state index in [1.165, 1.54) is 22.6 Å². The van der Waals surface area contributed by atoms with Crippen molar-refractivity contribution in [2.24, 2.45) is 5.73 Å². The van der Waals surface area contributed by atoms with Crippen LogP contribution in [0.5, 0.6) is 5.75 Å². The summed E-state index contributed by atoms with van der Waals surface area (Å²) in [5.41, 5.74) is 4.85. The standard InChI is InChI=1S/C7H5F3IN3O3/c8-7(9,10)17-6-3(11)1-5(14(15)16)13-4(6)2-12/h1H,2,12H2. The van der Waals surface area contributed by atoms with Crippen LogP contribution in [0.2, 0.25) is 0 Å². The zero-order chi connectivity index (χ0) is 13.2. The molecule has 1 aromatic rings. The van der Waals surface area contributed by atoms with Gasteiger partial charge in [-0.25, -0.2) is 0 Å².